The van der Waals surface area contributed by atoms with E-state index in [4.69, 9.17) is 11.6 Å². The summed E-state index contributed by atoms with van der Waals surface area (Å²) in [5, 5.41) is 3.32. The van der Waals surface area contributed by atoms with Crippen molar-refractivity contribution in [3.8, 4) is 11.4 Å². The fourth-order valence-electron chi connectivity index (χ4n) is 2.56. The average Bonchev–Trinajstić information content (AvgIpc) is 2.54. The van der Waals surface area contributed by atoms with Crippen LogP contribution in [0.4, 0.5) is 5.69 Å². The van der Waals surface area contributed by atoms with Gasteiger partial charge in [-0.25, -0.2) is 4.98 Å². The molecule has 2 N–H and O–H groups in total. The molecular weight excluding hydrogens is 338 g/mol. The number of hydrogen-bond donors (Lipinski definition) is 2. The highest BCUT2D eigenvalue weighted by Crippen LogP contribution is 2.17. The van der Waals surface area contributed by atoms with Gasteiger partial charge >= 0.3 is 0 Å². The number of nitrogens with one attached hydrogen (secondary N) is 2. The van der Waals surface area contributed by atoms with Gasteiger partial charge in [0.05, 0.1) is 0 Å². The van der Waals surface area contributed by atoms with Crippen molar-refractivity contribution >= 4 is 23.2 Å². The number of benzene rings is 2. The van der Waals surface area contributed by atoms with Gasteiger partial charge in [-0.05, 0) is 61.4 Å². The highest BCUT2D eigenvalue weighted by atomic mass is 35.5. The van der Waals surface area contributed by atoms with Crippen LogP contribution in [0.15, 0.2) is 53.5 Å². The third kappa shape index (κ3) is 3.95. The normalized spacial score (nSPS) is 10.5. The maximum atomic E-state index is 12.4. The van der Waals surface area contributed by atoms with E-state index in [0.717, 1.165) is 11.1 Å². The lowest BCUT2D eigenvalue weighted by Gasteiger charge is -2.08. The Morgan fingerprint density at radius 2 is 1.72 bits per heavy atom. The summed E-state index contributed by atoms with van der Waals surface area (Å²) >= 11 is 5.85. The molecule has 5 nitrogen and oxygen atoms in total. The quantitative estimate of drug-likeness (QED) is 0.748. The molecule has 126 valence electrons. The molecule has 0 radical (unpaired) electrons. The third-order valence-electron chi connectivity index (χ3n) is 3.64. The molecule has 0 atom stereocenters. The van der Waals surface area contributed by atoms with Crippen LogP contribution in [-0.2, 0) is 0 Å². The molecule has 0 aliphatic carbocycles. The van der Waals surface area contributed by atoms with Gasteiger partial charge in [0, 0.05) is 22.5 Å². The Morgan fingerprint density at radius 1 is 1.08 bits per heavy atom. The predicted octanol–water partition coefficient (Wildman–Crippen LogP) is 3.96. The first-order valence-corrected chi connectivity index (χ1v) is 8.05. The molecule has 1 amide bonds. The molecule has 1 aromatic heterocycles. The zero-order valence-electron chi connectivity index (χ0n) is 13.8. The monoisotopic (exact) mass is 353 g/mol. The van der Waals surface area contributed by atoms with Crippen LogP contribution in [0.2, 0.25) is 5.02 Å². The van der Waals surface area contributed by atoms with Gasteiger partial charge in [-0.2, -0.15) is 0 Å². The molecule has 2 aromatic carbocycles. The van der Waals surface area contributed by atoms with E-state index in [1.54, 1.807) is 24.3 Å². The van der Waals surface area contributed by atoms with E-state index in [1.165, 1.54) is 6.20 Å². The van der Waals surface area contributed by atoms with Crippen LogP contribution in [0.1, 0.15) is 21.5 Å². The zero-order chi connectivity index (χ0) is 18.0. The van der Waals surface area contributed by atoms with Crippen LogP contribution in [0.5, 0.6) is 0 Å². The van der Waals surface area contributed by atoms with E-state index in [1.807, 2.05) is 32.0 Å². The number of H-pyrrole nitrogens is 1. The number of hydrogen-bond acceptors (Lipinski definition) is 3. The molecule has 0 saturated carbocycles. The van der Waals surface area contributed by atoms with Crippen molar-refractivity contribution in [2.24, 2.45) is 0 Å². The first kappa shape index (κ1) is 16.9. The molecule has 0 aliphatic heterocycles. The van der Waals surface area contributed by atoms with Crippen molar-refractivity contribution in [1.29, 1.82) is 0 Å². The van der Waals surface area contributed by atoms with Gasteiger partial charge in [-0.15, -0.1) is 0 Å². The van der Waals surface area contributed by atoms with Gasteiger partial charge in [0.1, 0.15) is 11.4 Å². The van der Waals surface area contributed by atoms with Crippen molar-refractivity contribution in [1.82, 2.24) is 9.97 Å². The fraction of sp³-hybridized carbons (Fsp3) is 0.105. The smallest absolute Gasteiger partial charge is 0.264 e. The van der Waals surface area contributed by atoms with E-state index in [-0.39, 0.29) is 5.56 Å². The highest BCUT2D eigenvalue weighted by Gasteiger charge is 2.13. The molecule has 25 heavy (non-hydrogen) atoms. The van der Waals surface area contributed by atoms with Crippen molar-refractivity contribution < 1.29 is 4.79 Å². The molecule has 3 rings (SSSR count). The second kappa shape index (κ2) is 6.91. The molecule has 0 saturated heterocycles. The SMILES string of the molecule is Cc1cc(C)cc(NC(=O)c2cnc(-c3ccc(Cl)cc3)[nH]c2=O)c1. The fourth-order valence-corrected chi connectivity index (χ4v) is 2.68. The lowest BCUT2D eigenvalue weighted by Crippen LogP contribution is -2.24. The Hall–Kier alpha value is -2.92. The summed E-state index contributed by atoms with van der Waals surface area (Å²) in [5.41, 5.74) is 2.87. The molecule has 1 heterocycles. The third-order valence-corrected chi connectivity index (χ3v) is 3.89. The number of amides is 1. The molecule has 0 spiro atoms. The largest absolute Gasteiger partial charge is 0.322 e. The van der Waals surface area contributed by atoms with Crippen LogP contribution in [0.3, 0.4) is 0 Å². The van der Waals surface area contributed by atoms with Gasteiger partial charge in [0.25, 0.3) is 11.5 Å². The Balaban J connectivity index is 1.86. The van der Waals surface area contributed by atoms with Crippen LogP contribution < -0.4 is 10.9 Å². The van der Waals surface area contributed by atoms with Crippen LogP contribution >= 0.6 is 11.6 Å². The van der Waals surface area contributed by atoms with Crippen molar-refractivity contribution in [3.05, 3.63) is 80.7 Å². The van der Waals surface area contributed by atoms with Gasteiger partial charge in [0.15, 0.2) is 0 Å². The molecule has 3 aromatic rings. The molecule has 6 heteroatoms. The predicted molar refractivity (Wildman–Crippen MR) is 99.2 cm³/mol. The highest BCUT2D eigenvalue weighted by molar-refractivity contribution is 6.30. The maximum Gasteiger partial charge on any atom is 0.264 e. The van der Waals surface area contributed by atoms with E-state index in [9.17, 15) is 9.59 Å². The standard InChI is InChI=1S/C19H16ClN3O2/c1-11-7-12(2)9-15(8-11)22-18(24)16-10-21-17(23-19(16)25)13-3-5-14(20)6-4-13/h3-10H,1-2H3,(H,22,24)(H,21,23,25). The maximum absolute atomic E-state index is 12.4. The van der Waals surface area contributed by atoms with Crippen molar-refractivity contribution in [2.75, 3.05) is 5.32 Å². The zero-order valence-corrected chi connectivity index (χ0v) is 14.5. The number of aryl methyl sites for hydroxylation is 2. The van der Waals surface area contributed by atoms with E-state index in [0.29, 0.717) is 22.1 Å². The summed E-state index contributed by atoms with van der Waals surface area (Å²) in [6.45, 7) is 3.88. The molecule has 0 bridgehead atoms. The minimum atomic E-state index is -0.499. The Kier molecular flexibility index (Phi) is 4.67. The molecular formula is C19H16ClN3O2. The van der Waals surface area contributed by atoms with E-state index < -0.39 is 11.5 Å². The second-order valence-electron chi connectivity index (χ2n) is 5.81. The lowest BCUT2D eigenvalue weighted by molar-refractivity contribution is 0.102. The summed E-state index contributed by atoms with van der Waals surface area (Å²) in [6, 6.07) is 12.6. The topological polar surface area (TPSA) is 74.8 Å². The second-order valence-corrected chi connectivity index (χ2v) is 6.25. The van der Waals surface area contributed by atoms with Crippen molar-refractivity contribution in [3.63, 3.8) is 0 Å². The van der Waals surface area contributed by atoms with Gasteiger partial charge in [0.2, 0.25) is 0 Å². The van der Waals surface area contributed by atoms with E-state index >= 15 is 0 Å². The summed E-state index contributed by atoms with van der Waals surface area (Å²) in [7, 11) is 0. The number of aromatic amines is 1. The average molecular weight is 354 g/mol. The summed E-state index contributed by atoms with van der Waals surface area (Å²) in [6.07, 6.45) is 1.28. The first-order chi connectivity index (χ1) is 11.9. The minimum absolute atomic E-state index is 0.0446. The van der Waals surface area contributed by atoms with Crippen LogP contribution in [-0.4, -0.2) is 15.9 Å². The van der Waals surface area contributed by atoms with Crippen LogP contribution in [0.25, 0.3) is 11.4 Å². The summed E-state index contributed by atoms with van der Waals surface area (Å²) in [4.78, 5) is 31.4. The van der Waals surface area contributed by atoms with Gasteiger partial charge in [-0.3, -0.25) is 9.59 Å². The number of rotatable bonds is 3. The Morgan fingerprint density at radius 3 is 2.32 bits per heavy atom. The van der Waals surface area contributed by atoms with Crippen molar-refractivity contribution in [2.45, 2.75) is 13.8 Å². The molecule has 0 fully saturated rings. The summed E-state index contributed by atoms with van der Waals surface area (Å²) in [5.74, 6) is -0.119. The van der Waals surface area contributed by atoms with E-state index in [2.05, 4.69) is 15.3 Å². The Bertz CT molecular complexity index is 974. The van der Waals surface area contributed by atoms with Crippen LogP contribution in [0, 0.1) is 13.8 Å². The number of halogens is 1. The Labute approximate surface area is 149 Å². The van der Waals surface area contributed by atoms with Gasteiger partial charge < -0.3 is 10.3 Å². The number of anilines is 1. The minimum Gasteiger partial charge on any atom is -0.322 e. The molecule has 0 aliphatic rings. The number of carbonyl (C=O) groups is 1. The number of nitrogens with zero attached hydrogens (tertiary/aromatic N) is 1. The summed E-state index contributed by atoms with van der Waals surface area (Å²) < 4.78 is 0. The number of carbonyl (C=O) groups excluding carboxylic acids is 1. The first-order valence-electron chi connectivity index (χ1n) is 7.67. The number of aromatic nitrogens is 2. The lowest BCUT2D eigenvalue weighted by atomic mass is 10.1. The van der Waals surface area contributed by atoms with Gasteiger partial charge in [-0.1, -0.05) is 17.7 Å². The molecule has 0 unspecified atom stereocenters.